The van der Waals surface area contributed by atoms with Crippen molar-refractivity contribution in [3.05, 3.63) is 69.8 Å². The number of ether oxygens (including phenoxy) is 1. The Balaban J connectivity index is 1.84. The largest absolute Gasteiger partial charge is 0.496 e. The van der Waals surface area contributed by atoms with Gasteiger partial charge in [-0.2, -0.15) is 31.1 Å². The van der Waals surface area contributed by atoms with Crippen LogP contribution in [0.15, 0.2) is 42.0 Å². The summed E-state index contributed by atoms with van der Waals surface area (Å²) in [4.78, 5) is 13.7. The molecule has 0 unspecified atom stereocenters. The average molecular weight is 668 g/mol. The van der Waals surface area contributed by atoms with Crippen LogP contribution in [0.2, 0.25) is 0 Å². The molecule has 3 aromatic rings. The summed E-state index contributed by atoms with van der Waals surface area (Å²) in [6.07, 6.45) is -7.85. The highest BCUT2D eigenvalue weighted by molar-refractivity contribution is 5.75. The molecule has 2 aromatic carbocycles. The van der Waals surface area contributed by atoms with E-state index in [0.717, 1.165) is 28.7 Å². The molecule has 1 heterocycles. The predicted molar refractivity (Wildman–Crippen MR) is 164 cm³/mol. The van der Waals surface area contributed by atoms with Gasteiger partial charge in [-0.05, 0) is 94.8 Å². The molecule has 1 aliphatic carbocycles. The number of allylic oxidation sites excluding steroid dienone is 1. The minimum Gasteiger partial charge on any atom is -0.496 e. The van der Waals surface area contributed by atoms with Crippen LogP contribution >= 0.6 is 0 Å². The predicted octanol–water partition coefficient (Wildman–Crippen LogP) is 8.38. The number of carboxylic acids is 1. The summed E-state index contributed by atoms with van der Waals surface area (Å²) in [6, 6.07) is 7.47. The average Bonchev–Trinajstić information content (AvgIpc) is 3.44. The Bertz CT molecular complexity index is 1580. The van der Waals surface area contributed by atoms with Gasteiger partial charge in [0.25, 0.3) is 5.95 Å². The van der Waals surface area contributed by atoms with E-state index >= 15 is 0 Å². The van der Waals surface area contributed by atoms with Gasteiger partial charge in [-0.25, -0.2) is 0 Å². The van der Waals surface area contributed by atoms with Crippen LogP contribution in [0.3, 0.4) is 0 Å². The van der Waals surface area contributed by atoms with Gasteiger partial charge in [0.2, 0.25) is 0 Å². The van der Waals surface area contributed by atoms with Crippen molar-refractivity contribution in [2.45, 2.75) is 91.2 Å². The number of rotatable bonds is 12. The number of carboxylic acid groups (broad SMARTS) is 1. The molecule has 0 aliphatic heterocycles. The van der Waals surface area contributed by atoms with Gasteiger partial charge < -0.3 is 14.7 Å². The van der Waals surface area contributed by atoms with Crippen molar-refractivity contribution < 1.29 is 41.0 Å². The number of benzene rings is 2. The van der Waals surface area contributed by atoms with Gasteiger partial charge in [-0.15, -0.1) is 5.10 Å². The molecule has 47 heavy (non-hydrogen) atoms. The molecule has 1 aliphatic rings. The molecular formula is C33H39F6N5O3. The van der Waals surface area contributed by atoms with Gasteiger partial charge in [0.1, 0.15) is 5.75 Å². The van der Waals surface area contributed by atoms with E-state index in [9.17, 15) is 31.1 Å². The number of aromatic nitrogens is 4. The molecular weight excluding hydrogens is 628 g/mol. The molecule has 14 heteroatoms. The maximum absolute atomic E-state index is 13.8. The molecule has 0 fully saturated rings. The van der Waals surface area contributed by atoms with Crippen LogP contribution in [0.1, 0.15) is 93.5 Å². The van der Waals surface area contributed by atoms with E-state index in [1.54, 1.807) is 7.11 Å². The molecule has 4 rings (SSSR count). The molecule has 0 radical (unpaired) electrons. The van der Waals surface area contributed by atoms with Crippen molar-refractivity contribution in [1.82, 2.24) is 20.2 Å². The monoisotopic (exact) mass is 667 g/mol. The Morgan fingerprint density at radius 2 is 1.70 bits per heavy atom. The first-order chi connectivity index (χ1) is 21.9. The van der Waals surface area contributed by atoms with Gasteiger partial charge in [0.05, 0.1) is 24.8 Å². The Morgan fingerprint density at radius 3 is 2.28 bits per heavy atom. The zero-order valence-corrected chi connectivity index (χ0v) is 27.0. The Hall–Kier alpha value is -4.10. The fourth-order valence-corrected chi connectivity index (χ4v) is 5.80. The smallest absolute Gasteiger partial charge is 0.416 e. The topological polar surface area (TPSA) is 93.4 Å². The highest BCUT2D eigenvalue weighted by Crippen LogP contribution is 2.45. The standard InChI is InChI=1S/C33H39F6N5O3/c1-20(2)22-8-9-28(47-5)27(15-22)26-10-11-31(3,4)17-23(26)19-43(30-40-42-44(41-30)12-6-7-29(45)46)18-21-13-24(32(34,35)36)16-25(14-21)33(37,38)39/h8-9,13-16,20H,6-7,10-12,17-19H2,1-5H3,(H,45,46). The maximum atomic E-state index is 13.8. The van der Waals surface area contributed by atoms with Crippen LogP contribution in [0.5, 0.6) is 5.75 Å². The summed E-state index contributed by atoms with van der Waals surface area (Å²) in [7, 11) is 1.58. The van der Waals surface area contributed by atoms with Crippen molar-refractivity contribution in [3.63, 3.8) is 0 Å². The molecule has 0 amide bonds. The van der Waals surface area contributed by atoms with Gasteiger partial charge in [-0.3, -0.25) is 4.79 Å². The normalized spacial score (nSPS) is 15.3. The summed E-state index contributed by atoms with van der Waals surface area (Å²) in [5, 5.41) is 21.4. The molecule has 0 atom stereocenters. The van der Waals surface area contributed by atoms with Crippen LogP contribution in [0, 0.1) is 5.41 Å². The van der Waals surface area contributed by atoms with Crippen LogP contribution < -0.4 is 9.64 Å². The number of nitrogens with zero attached hydrogens (tertiary/aromatic N) is 5. The minimum atomic E-state index is -5.01. The van der Waals surface area contributed by atoms with E-state index < -0.39 is 29.4 Å². The number of hydrogen-bond acceptors (Lipinski definition) is 6. The highest BCUT2D eigenvalue weighted by Gasteiger charge is 2.37. The van der Waals surface area contributed by atoms with Crippen molar-refractivity contribution in [3.8, 4) is 5.75 Å². The van der Waals surface area contributed by atoms with Crippen LogP contribution in [0.25, 0.3) is 5.57 Å². The molecule has 256 valence electrons. The van der Waals surface area contributed by atoms with Crippen LogP contribution in [-0.4, -0.2) is 44.9 Å². The zero-order chi connectivity index (χ0) is 34.7. The molecule has 0 bridgehead atoms. The van der Waals surface area contributed by atoms with Gasteiger partial charge >= 0.3 is 18.3 Å². The Labute approximate surface area is 269 Å². The first-order valence-electron chi connectivity index (χ1n) is 15.3. The van der Waals surface area contributed by atoms with E-state index in [1.807, 2.05) is 12.1 Å². The molecule has 1 aromatic heterocycles. The van der Waals surface area contributed by atoms with Gasteiger partial charge in [-0.1, -0.05) is 38.9 Å². The van der Waals surface area contributed by atoms with Gasteiger partial charge in [0, 0.05) is 25.1 Å². The van der Waals surface area contributed by atoms with Crippen molar-refractivity contribution >= 4 is 17.5 Å². The summed E-state index contributed by atoms with van der Waals surface area (Å²) >= 11 is 0. The lowest BCUT2D eigenvalue weighted by molar-refractivity contribution is -0.143. The number of aliphatic carboxylic acids is 1. The number of alkyl halides is 6. The third-order valence-corrected chi connectivity index (χ3v) is 8.26. The number of halogens is 6. The van der Waals surface area contributed by atoms with Crippen LogP contribution in [0.4, 0.5) is 32.3 Å². The fraction of sp³-hybridized carbons (Fsp3) is 0.515. The fourth-order valence-electron chi connectivity index (χ4n) is 5.80. The summed E-state index contributed by atoms with van der Waals surface area (Å²) in [5.41, 5.74) is 0.675. The van der Waals surface area contributed by atoms with E-state index in [0.29, 0.717) is 30.7 Å². The Morgan fingerprint density at radius 1 is 1.04 bits per heavy atom. The van der Waals surface area contributed by atoms with Crippen LogP contribution in [-0.2, 0) is 30.2 Å². The van der Waals surface area contributed by atoms with Crippen molar-refractivity contribution in [2.75, 3.05) is 18.6 Å². The number of tetrazole rings is 1. The Kier molecular flexibility index (Phi) is 10.6. The number of carbonyl (C=O) groups is 1. The highest BCUT2D eigenvalue weighted by atomic mass is 19.4. The summed E-state index contributed by atoms with van der Waals surface area (Å²) < 4.78 is 88.2. The van der Waals surface area contributed by atoms with E-state index in [2.05, 4.69) is 49.2 Å². The molecule has 0 saturated heterocycles. The second-order valence-electron chi connectivity index (χ2n) is 13.0. The third-order valence-electron chi connectivity index (χ3n) is 8.26. The first-order valence-corrected chi connectivity index (χ1v) is 15.3. The van der Waals surface area contributed by atoms with E-state index in [1.165, 1.54) is 9.70 Å². The lowest BCUT2D eigenvalue weighted by Gasteiger charge is -2.36. The van der Waals surface area contributed by atoms with Crippen molar-refractivity contribution in [2.24, 2.45) is 5.41 Å². The quantitative estimate of drug-likeness (QED) is 0.194. The number of aryl methyl sites for hydroxylation is 1. The maximum Gasteiger partial charge on any atom is 0.416 e. The SMILES string of the molecule is COc1ccc(C(C)C)cc1C1=C(CN(Cc2cc(C(F)(F)F)cc(C(F)(F)F)c2)c2nnn(CCCC(=O)O)n2)CC(C)(C)CC1. The second kappa shape index (κ2) is 13.9. The molecule has 1 N–H and O–H groups in total. The lowest BCUT2D eigenvalue weighted by atomic mass is 9.72. The minimum absolute atomic E-state index is 0.00980. The molecule has 0 spiro atoms. The number of hydrogen-bond donors (Lipinski definition) is 1. The van der Waals surface area contributed by atoms with Gasteiger partial charge in [0.15, 0.2) is 0 Å². The number of methoxy groups -OCH3 is 1. The van der Waals surface area contributed by atoms with E-state index in [4.69, 9.17) is 9.84 Å². The third kappa shape index (κ3) is 9.25. The molecule has 8 nitrogen and oxygen atoms in total. The first kappa shape index (κ1) is 35.7. The number of anilines is 1. The van der Waals surface area contributed by atoms with Crippen molar-refractivity contribution in [1.29, 1.82) is 0 Å². The second-order valence-corrected chi connectivity index (χ2v) is 13.0. The lowest BCUT2D eigenvalue weighted by Crippen LogP contribution is -2.31. The zero-order valence-electron chi connectivity index (χ0n) is 27.0. The summed E-state index contributed by atoms with van der Waals surface area (Å²) in [6.45, 7) is 8.17. The molecule has 0 saturated carbocycles. The van der Waals surface area contributed by atoms with E-state index in [-0.39, 0.29) is 61.4 Å². The summed E-state index contributed by atoms with van der Waals surface area (Å²) in [5.74, 6) is -0.134.